The molecule has 1 rings (SSSR count). The van der Waals surface area contributed by atoms with E-state index < -0.39 is 0 Å². The highest BCUT2D eigenvalue weighted by Gasteiger charge is 2.38. The van der Waals surface area contributed by atoms with E-state index in [0.29, 0.717) is 17.5 Å². The summed E-state index contributed by atoms with van der Waals surface area (Å²) in [5.41, 5.74) is 0.372. The van der Waals surface area contributed by atoms with Crippen LogP contribution in [0.4, 0.5) is 0 Å². The maximum Gasteiger partial charge on any atom is 0.0672 e. The molecule has 3 atom stereocenters. The summed E-state index contributed by atoms with van der Waals surface area (Å²) in [6.07, 6.45) is 3.46. The quantitative estimate of drug-likeness (QED) is 0.731. The molecule has 1 saturated carbocycles. The third-order valence-electron chi connectivity index (χ3n) is 4.54. The van der Waals surface area contributed by atoms with Crippen molar-refractivity contribution in [1.29, 1.82) is 5.26 Å². The smallest absolute Gasteiger partial charge is 0.0672 e. The van der Waals surface area contributed by atoms with E-state index >= 15 is 0 Å². The van der Waals surface area contributed by atoms with Crippen LogP contribution in [0.1, 0.15) is 53.9 Å². The van der Waals surface area contributed by atoms with Crippen LogP contribution in [0.3, 0.4) is 0 Å². The number of hydrogen-bond donors (Lipinski definition) is 0. The molecule has 2 heteroatoms. The van der Waals surface area contributed by atoms with Gasteiger partial charge in [0.1, 0.15) is 0 Å². The first kappa shape index (κ1) is 14.5. The average molecular weight is 236 g/mol. The Morgan fingerprint density at radius 1 is 1.24 bits per heavy atom. The maximum absolute atomic E-state index is 9.30. The molecule has 0 spiro atoms. The van der Waals surface area contributed by atoms with Gasteiger partial charge in [-0.3, -0.25) is 4.90 Å². The Morgan fingerprint density at radius 2 is 1.82 bits per heavy atom. The minimum absolute atomic E-state index is 0.223. The van der Waals surface area contributed by atoms with Gasteiger partial charge in [0.25, 0.3) is 0 Å². The van der Waals surface area contributed by atoms with Crippen molar-refractivity contribution >= 4 is 0 Å². The molecule has 1 aliphatic carbocycles. The van der Waals surface area contributed by atoms with E-state index in [4.69, 9.17) is 0 Å². The predicted octanol–water partition coefficient (Wildman–Crippen LogP) is 3.68. The third kappa shape index (κ3) is 3.45. The topological polar surface area (TPSA) is 27.0 Å². The summed E-state index contributed by atoms with van der Waals surface area (Å²) in [6, 6.07) is 3.49. The molecule has 0 amide bonds. The molecule has 0 aromatic rings. The third-order valence-corrected chi connectivity index (χ3v) is 4.54. The lowest BCUT2D eigenvalue weighted by atomic mass is 9.67. The van der Waals surface area contributed by atoms with E-state index in [0.717, 1.165) is 12.3 Å². The van der Waals surface area contributed by atoms with Gasteiger partial charge >= 0.3 is 0 Å². The number of rotatable bonds is 2. The SMILES string of the molecule is CC(C)N(C)C1CC(C(C)(C)C)CCC1C#N. The van der Waals surface area contributed by atoms with Gasteiger partial charge in [0.2, 0.25) is 0 Å². The Labute approximate surface area is 107 Å². The Balaban J connectivity index is 2.79. The van der Waals surface area contributed by atoms with E-state index in [2.05, 4.69) is 52.6 Å². The summed E-state index contributed by atoms with van der Waals surface area (Å²) in [6.45, 7) is 11.4. The van der Waals surface area contributed by atoms with E-state index in [9.17, 15) is 5.26 Å². The maximum atomic E-state index is 9.30. The Kier molecular flexibility index (Phi) is 4.61. The highest BCUT2D eigenvalue weighted by atomic mass is 15.2. The zero-order valence-corrected chi connectivity index (χ0v) is 12.3. The fraction of sp³-hybridized carbons (Fsp3) is 0.933. The second-order valence-electron chi connectivity index (χ2n) is 6.94. The molecule has 3 unspecified atom stereocenters. The van der Waals surface area contributed by atoms with Gasteiger partial charge in [-0.05, 0) is 51.5 Å². The fourth-order valence-electron chi connectivity index (χ4n) is 2.92. The van der Waals surface area contributed by atoms with Gasteiger partial charge in [-0.25, -0.2) is 0 Å². The summed E-state index contributed by atoms with van der Waals surface area (Å²) in [5, 5.41) is 9.30. The first-order valence-electron chi connectivity index (χ1n) is 6.89. The van der Waals surface area contributed by atoms with Crippen LogP contribution in [-0.2, 0) is 0 Å². The van der Waals surface area contributed by atoms with Crippen LogP contribution in [0, 0.1) is 28.6 Å². The second-order valence-corrected chi connectivity index (χ2v) is 6.94. The standard InChI is InChI=1S/C15H28N2/c1-11(2)17(6)14-9-13(15(3,4)5)8-7-12(14)10-16/h11-14H,7-9H2,1-6H3. The first-order chi connectivity index (χ1) is 7.77. The van der Waals surface area contributed by atoms with Crippen LogP contribution >= 0.6 is 0 Å². The zero-order valence-electron chi connectivity index (χ0n) is 12.3. The lowest BCUT2D eigenvalue weighted by molar-refractivity contribution is 0.0596. The fourth-order valence-corrected chi connectivity index (χ4v) is 2.92. The molecule has 17 heavy (non-hydrogen) atoms. The second kappa shape index (κ2) is 5.40. The molecular weight excluding hydrogens is 208 g/mol. The van der Waals surface area contributed by atoms with Crippen LogP contribution in [0.5, 0.6) is 0 Å². The van der Waals surface area contributed by atoms with Gasteiger partial charge < -0.3 is 0 Å². The normalized spacial score (nSPS) is 30.6. The molecule has 98 valence electrons. The van der Waals surface area contributed by atoms with Crippen LogP contribution in [0.25, 0.3) is 0 Å². The van der Waals surface area contributed by atoms with Crippen LogP contribution in [0.2, 0.25) is 0 Å². The average Bonchev–Trinajstić information content (AvgIpc) is 2.25. The van der Waals surface area contributed by atoms with Crippen molar-refractivity contribution in [2.45, 2.75) is 66.0 Å². The van der Waals surface area contributed by atoms with Crippen molar-refractivity contribution in [3.05, 3.63) is 0 Å². The Morgan fingerprint density at radius 3 is 2.24 bits per heavy atom. The monoisotopic (exact) mass is 236 g/mol. The molecule has 0 heterocycles. The van der Waals surface area contributed by atoms with Gasteiger partial charge in [0.15, 0.2) is 0 Å². The lowest BCUT2D eigenvalue weighted by Gasteiger charge is -2.44. The summed E-state index contributed by atoms with van der Waals surface area (Å²) >= 11 is 0. The lowest BCUT2D eigenvalue weighted by Crippen LogP contribution is -2.46. The molecule has 0 aliphatic heterocycles. The van der Waals surface area contributed by atoms with Crippen molar-refractivity contribution in [2.24, 2.45) is 17.3 Å². The summed E-state index contributed by atoms with van der Waals surface area (Å²) in [4.78, 5) is 2.39. The van der Waals surface area contributed by atoms with Gasteiger partial charge in [-0.1, -0.05) is 20.8 Å². The molecule has 0 bridgehead atoms. The molecule has 0 saturated heterocycles. The van der Waals surface area contributed by atoms with E-state index in [-0.39, 0.29) is 5.92 Å². The number of nitriles is 1. The molecule has 0 radical (unpaired) electrons. The molecule has 2 nitrogen and oxygen atoms in total. The highest BCUT2D eigenvalue weighted by molar-refractivity contribution is 4.99. The number of nitrogens with zero attached hydrogens (tertiary/aromatic N) is 2. The number of hydrogen-bond acceptors (Lipinski definition) is 2. The molecule has 1 fully saturated rings. The van der Waals surface area contributed by atoms with E-state index in [1.165, 1.54) is 12.8 Å². The summed E-state index contributed by atoms with van der Waals surface area (Å²) < 4.78 is 0. The van der Waals surface area contributed by atoms with Crippen molar-refractivity contribution < 1.29 is 0 Å². The summed E-state index contributed by atoms with van der Waals surface area (Å²) in [7, 11) is 2.17. The summed E-state index contributed by atoms with van der Waals surface area (Å²) in [5.74, 6) is 0.972. The highest BCUT2D eigenvalue weighted by Crippen LogP contribution is 2.41. The van der Waals surface area contributed by atoms with Crippen LogP contribution in [-0.4, -0.2) is 24.0 Å². The molecule has 1 aliphatic rings. The van der Waals surface area contributed by atoms with Gasteiger partial charge in [-0.15, -0.1) is 0 Å². The minimum atomic E-state index is 0.223. The van der Waals surface area contributed by atoms with Crippen molar-refractivity contribution in [3.63, 3.8) is 0 Å². The molecule has 0 aromatic heterocycles. The Bertz CT molecular complexity index is 282. The zero-order chi connectivity index (χ0) is 13.2. The first-order valence-corrected chi connectivity index (χ1v) is 6.89. The largest absolute Gasteiger partial charge is 0.300 e. The van der Waals surface area contributed by atoms with Gasteiger partial charge in [-0.2, -0.15) is 5.26 Å². The van der Waals surface area contributed by atoms with Crippen molar-refractivity contribution in [3.8, 4) is 6.07 Å². The van der Waals surface area contributed by atoms with E-state index in [1.54, 1.807) is 0 Å². The van der Waals surface area contributed by atoms with Crippen molar-refractivity contribution in [1.82, 2.24) is 4.90 Å². The van der Waals surface area contributed by atoms with Crippen LogP contribution < -0.4 is 0 Å². The molecule has 0 N–H and O–H groups in total. The van der Waals surface area contributed by atoms with Crippen LogP contribution in [0.15, 0.2) is 0 Å². The van der Waals surface area contributed by atoms with Crippen molar-refractivity contribution in [2.75, 3.05) is 7.05 Å². The van der Waals surface area contributed by atoms with E-state index in [1.807, 2.05) is 0 Å². The van der Waals surface area contributed by atoms with Gasteiger partial charge in [0, 0.05) is 12.1 Å². The van der Waals surface area contributed by atoms with Gasteiger partial charge in [0.05, 0.1) is 12.0 Å². The minimum Gasteiger partial charge on any atom is -0.300 e. The molecular formula is C15H28N2. The predicted molar refractivity (Wildman–Crippen MR) is 72.6 cm³/mol. The molecule has 0 aromatic carbocycles. The Hall–Kier alpha value is -0.550.